The van der Waals surface area contributed by atoms with Gasteiger partial charge in [0.1, 0.15) is 0 Å². The van der Waals surface area contributed by atoms with E-state index in [1.807, 2.05) is 0 Å². The highest BCUT2D eigenvalue weighted by Gasteiger charge is 2.61. The molecule has 0 nitrogen and oxygen atoms in total. The van der Waals surface area contributed by atoms with Crippen molar-refractivity contribution in [3.05, 3.63) is 0 Å². The van der Waals surface area contributed by atoms with Crippen LogP contribution in [-0.2, 0) is 0 Å². The van der Waals surface area contributed by atoms with Crippen LogP contribution in [0.2, 0.25) is 0 Å². The predicted octanol–water partition coefficient (Wildman–Crippen LogP) is 7.43. The van der Waals surface area contributed by atoms with Crippen LogP contribution < -0.4 is 0 Å². The third kappa shape index (κ3) is 4.51. The third-order valence-electron chi connectivity index (χ3n) is 6.93. The zero-order valence-corrected chi connectivity index (χ0v) is 17.3. The minimum Gasteiger partial charge on any atom is -0.0651 e. The first-order valence-corrected chi connectivity index (χ1v) is 9.97. The van der Waals surface area contributed by atoms with E-state index in [0.29, 0.717) is 10.8 Å². The molecule has 0 aromatic rings. The molecule has 0 heterocycles. The molecule has 1 saturated carbocycles. The average molecular weight is 309 g/mol. The summed E-state index contributed by atoms with van der Waals surface area (Å²) in [4.78, 5) is 0. The Bertz CT molecular complexity index is 334. The van der Waals surface area contributed by atoms with Crippen LogP contribution in [0.4, 0.5) is 0 Å². The van der Waals surface area contributed by atoms with Crippen molar-refractivity contribution < 1.29 is 0 Å². The van der Waals surface area contributed by atoms with Crippen molar-refractivity contribution in [1.29, 1.82) is 0 Å². The van der Waals surface area contributed by atoms with Crippen molar-refractivity contribution in [3.8, 4) is 0 Å². The maximum atomic E-state index is 2.57. The summed E-state index contributed by atoms with van der Waals surface area (Å²) in [5, 5.41) is 0. The summed E-state index contributed by atoms with van der Waals surface area (Å²) >= 11 is 0. The van der Waals surface area contributed by atoms with Crippen LogP contribution in [0.1, 0.15) is 94.9 Å². The van der Waals surface area contributed by atoms with Crippen molar-refractivity contribution in [2.24, 2.45) is 46.3 Å². The van der Waals surface area contributed by atoms with Gasteiger partial charge in [0.25, 0.3) is 0 Å². The van der Waals surface area contributed by atoms with Crippen LogP contribution >= 0.6 is 0 Å². The van der Waals surface area contributed by atoms with Gasteiger partial charge < -0.3 is 0 Å². The molecule has 6 atom stereocenters. The molecule has 1 fully saturated rings. The lowest BCUT2D eigenvalue weighted by atomic mass is 9.78. The molecule has 0 aliphatic heterocycles. The second-order valence-electron chi connectivity index (χ2n) is 10.3. The van der Waals surface area contributed by atoms with Gasteiger partial charge >= 0.3 is 0 Å². The average Bonchev–Trinajstić information content (AvgIpc) is 2.93. The highest BCUT2D eigenvalue weighted by Crippen LogP contribution is 2.67. The Kier molecular flexibility index (Phi) is 6.62. The van der Waals surface area contributed by atoms with E-state index < -0.39 is 0 Å². The van der Waals surface area contributed by atoms with E-state index >= 15 is 0 Å². The van der Waals surface area contributed by atoms with Crippen LogP contribution in [0.25, 0.3) is 0 Å². The molecule has 1 aliphatic rings. The van der Waals surface area contributed by atoms with E-state index in [-0.39, 0.29) is 0 Å². The Balaban J connectivity index is 2.73. The molecule has 0 bridgehead atoms. The van der Waals surface area contributed by atoms with Crippen LogP contribution in [0.5, 0.6) is 0 Å². The lowest BCUT2D eigenvalue weighted by Gasteiger charge is -2.27. The third-order valence-corrected chi connectivity index (χ3v) is 6.93. The first-order valence-electron chi connectivity index (χ1n) is 9.97. The van der Waals surface area contributed by atoms with Gasteiger partial charge in [-0.1, -0.05) is 82.1 Å². The Labute approximate surface area is 141 Å². The molecule has 1 rings (SSSR count). The highest BCUT2D eigenvalue weighted by molar-refractivity contribution is 5.09. The van der Waals surface area contributed by atoms with Crippen molar-refractivity contribution >= 4 is 0 Å². The van der Waals surface area contributed by atoms with Gasteiger partial charge in [-0.2, -0.15) is 0 Å². The SMILES string of the molecule is CCC(C(C)C)C(C)CC1C(C(C)CC(C)(C)C)C1(C)CC. The van der Waals surface area contributed by atoms with Crippen molar-refractivity contribution in [3.63, 3.8) is 0 Å². The van der Waals surface area contributed by atoms with E-state index in [4.69, 9.17) is 0 Å². The second kappa shape index (κ2) is 7.27. The van der Waals surface area contributed by atoms with Gasteiger partial charge in [-0.3, -0.25) is 0 Å². The van der Waals surface area contributed by atoms with Crippen molar-refractivity contribution in [2.75, 3.05) is 0 Å². The Hall–Kier alpha value is 0. The minimum absolute atomic E-state index is 0.469. The quantitative estimate of drug-likeness (QED) is 0.437. The Morgan fingerprint density at radius 1 is 1.00 bits per heavy atom. The van der Waals surface area contributed by atoms with Gasteiger partial charge in [-0.15, -0.1) is 0 Å². The maximum Gasteiger partial charge on any atom is -0.0263 e. The zero-order chi connectivity index (χ0) is 17.3. The molecule has 0 radical (unpaired) electrons. The summed E-state index contributed by atoms with van der Waals surface area (Å²) in [5.74, 6) is 5.42. The normalized spacial score (nSPS) is 32.9. The molecule has 0 spiro atoms. The smallest absolute Gasteiger partial charge is 0.0263 e. The van der Waals surface area contributed by atoms with Gasteiger partial charge in [0.2, 0.25) is 0 Å². The monoisotopic (exact) mass is 308 g/mol. The molecule has 0 amide bonds. The maximum absolute atomic E-state index is 2.57. The van der Waals surface area contributed by atoms with Gasteiger partial charge in [-0.05, 0) is 59.2 Å². The summed E-state index contributed by atoms with van der Waals surface area (Å²) in [6, 6.07) is 0. The predicted molar refractivity (Wildman–Crippen MR) is 101 cm³/mol. The number of rotatable bonds is 8. The molecular weight excluding hydrogens is 264 g/mol. The van der Waals surface area contributed by atoms with E-state index in [1.165, 1.54) is 25.7 Å². The molecule has 0 aromatic carbocycles. The highest BCUT2D eigenvalue weighted by atomic mass is 14.7. The summed E-state index contributed by atoms with van der Waals surface area (Å²) in [6.45, 7) is 24.4. The summed E-state index contributed by atoms with van der Waals surface area (Å²) in [5.41, 5.74) is 1.09. The number of hydrogen-bond acceptors (Lipinski definition) is 0. The summed E-state index contributed by atoms with van der Waals surface area (Å²) < 4.78 is 0. The summed E-state index contributed by atoms with van der Waals surface area (Å²) in [7, 11) is 0. The zero-order valence-electron chi connectivity index (χ0n) is 17.3. The fourth-order valence-electron chi connectivity index (χ4n) is 5.86. The fourth-order valence-corrected chi connectivity index (χ4v) is 5.86. The molecule has 0 N–H and O–H groups in total. The molecule has 132 valence electrons. The van der Waals surface area contributed by atoms with E-state index in [1.54, 1.807) is 0 Å². The van der Waals surface area contributed by atoms with E-state index in [2.05, 4.69) is 69.2 Å². The standard InChI is InChI=1S/C22H44/c1-11-18(15(3)4)16(5)13-19-20(22(19,10)12-2)17(6)14-21(7,8)9/h15-20H,11-14H2,1-10H3. The van der Waals surface area contributed by atoms with Crippen LogP contribution in [0, 0.1) is 46.3 Å². The molecule has 6 unspecified atom stereocenters. The van der Waals surface area contributed by atoms with Gasteiger partial charge in [0.15, 0.2) is 0 Å². The van der Waals surface area contributed by atoms with Crippen LogP contribution in [0.15, 0.2) is 0 Å². The summed E-state index contributed by atoms with van der Waals surface area (Å²) in [6.07, 6.45) is 5.54. The second-order valence-corrected chi connectivity index (χ2v) is 10.3. The molecule has 0 aromatic heterocycles. The first-order chi connectivity index (χ1) is 9.97. The molecular formula is C22H44. The van der Waals surface area contributed by atoms with Crippen molar-refractivity contribution in [2.45, 2.75) is 94.9 Å². The largest absolute Gasteiger partial charge is 0.0651 e. The lowest BCUT2D eigenvalue weighted by molar-refractivity contribution is 0.227. The van der Waals surface area contributed by atoms with Gasteiger partial charge in [0.05, 0.1) is 0 Å². The van der Waals surface area contributed by atoms with Gasteiger partial charge in [0, 0.05) is 0 Å². The Morgan fingerprint density at radius 3 is 1.91 bits per heavy atom. The minimum atomic E-state index is 0.469. The Morgan fingerprint density at radius 2 is 1.55 bits per heavy atom. The van der Waals surface area contributed by atoms with Crippen LogP contribution in [-0.4, -0.2) is 0 Å². The molecule has 22 heavy (non-hydrogen) atoms. The number of hydrogen-bond donors (Lipinski definition) is 0. The topological polar surface area (TPSA) is 0 Å². The van der Waals surface area contributed by atoms with Crippen molar-refractivity contribution in [1.82, 2.24) is 0 Å². The molecule has 0 heteroatoms. The van der Waals surface area contributed by atoms with Crippen LogP contribution in [0.3, 0.4) is 0 Å². The molecule has 1 aliphatic carbocycles. The van der Waals surface area contributed by atoms with E-state index in [9.17, 15) is 0 Å². The fraction of sp³-hybridized carbons (Fsp3) is 1.00. The van der Waals surface area contributed by atoms with E-state index in [0.717, 1.165) is 35.5 Å². The van der Waals surface area contributed by atoms with Gasteiger partial charge in [-0.25, -0.2) is 0 Å². The first kappa shape index (κ1) is 20.0. The lowest BCUT2D eigenvalue weighted by Crippen LogP contribution is -2.18. The molecule has 0 saturated heterocycles.